The van der Waals surface area contributed by atoms with E-state index in [1.165, 1.54) is 11.3 Å². The van der Waals surface area contributed by atoms with Gasteiger partial charge in [-0.1, -0.05) is 18.2 Å². The normalized spacial score (nSPS) is 11.7. The van der Waals surface area contributed by atoms with E-state index in [2.05, 4.69) is 10.3 Å². The van der Waals surface area contributed by atoms with Crippen LogP contribution in [0.1, 0.15) is 10.9 Å². The number of fused-ring (bicyclic) bond motifs is 1. The fourth-order valence-corrected chi connectivity index (χ4v) is 3.17. The van der Waals surface area contributed by atoms with Gasteiger partial charge < -0.3 is 10.1 Å². The number of nitrogens with one attached hydrogen (secondary N) is 1. The Morgan fingerprint density at radius 1 is 1.30 bits per heavy atom. The lowest BCUT2D eigenvalue weighted by Crippen LogP contribution is -2.19. The minimum absolute atomic E-state index is 0.403. The number of amides is 1. The van der Waals surface area contributed by atoms with Gasteiger partial charge in [0.25, 0.3) is 0 Å². The predicted molar refractivity (Wildman–Crippen MR) is 89.6 cm³/mol. The maximum Gasteiger partial charge on any atom is 0.248 e. The standard InChI is InChI=1S/C17H13N3O2S/c1-22-12-6-4-5-11(9-12)19-16(21)13(10-18)17-20-14-7-2-3-8-15(14)23-17/h2-9,13H,1H3,(H,19,21). The van der Waals surface area contributed by atoms with Gasteiger partial charge in [-0.2, -0.15) is 5.26 Å². The van der Waals surface area contributed by atoms with E-state index in [4.69, 9.17) is 4.74 Å². The summed E-state index contributed by atoms with van der Waals surface area (Å²) in [5.74, 6) is -0.713. The topological polar surface area (TPSA) is 75.0 Å². The predicted octanol–water partition coefficient (Wildman–Crippen LogP) is 3.55. The van der Waals surface area contributed by atoms with E-state index in [-0.39, 0.29) is 0 Å². The van der Waals surface area contributed by atoms with E-state index < -0.39 is 11.8 Å². The molecule has 1 atom stereocenters. The van der Waals surface area contributed by atoms with E-state index in [1.807, 2.05) is 30.3 Å². The molecule has 3 rings (SSSR count). The van der Waals surface area contributed by atoms with E-state index in [0.717, 1.165) is 10.2 Å². The summed E-state index contributed by atoms with van der Waals surface area (Å²) in [5, 5.41) is 12.6. The minimum atomic E-state index is -0.946. The van der Waals surface area contributed by atoms with E-state index in [9.17, 15) is 10.1 Å². The van der Waals surface area contributed by atoms with Gasteiger partial charge in [0.1, 0.15) is 10.8 Å². The van der Waals surface area contributed by atoms with E-state index in [1.54, 1.807) is 31.4 Å². The van der Waals surface area contributed by atoms with Crippen LogP contribution in [0.5, 0.6) is 5.75 Å². The Morgan fingerprint density at radius 3 is 2.87 bits per heavy atom. The quantitative estimate of drug-likeness (QED) is 0.796. The molecule has 1 amide bonds. The summed E-state index contributed by atoms with van der Waals surface area (Å²) in [5.41, 5.74) is 1.37. The van der Waals surface area contributed by atoms with Crippen LogP contribution in [0, 0.1) is 11.3 Å². The van der Waals surface area contributed by atoms with Gasteiger partial charge >= 0.3 is 0 Å². The molecule has 0 aliphatic rings. The monoisotopic (exact) mass is 323 g/mol. The molecule has 0 radical (unpaired) electrons. The zero-order valence-corrected chi connectivity index (χ0v) is 13.1. The maximum atomic E-state index is 12.4. The lowest BCUT2D eigenvalue weighted by Gasteiger charge is -2.09. The highest BCUT2D eigenvalue weighted by Gasteiger charge is 2.24. The van der Waals surface area contributed by atoms with Crippen LogP contribution in [0.2, 0.25) is 0 Å². The molecule has 0 bridgehead atoms. The van der Waals surface area contributed by atoms with Crippen LogP contribution in [0.3, 0.4) is 0 Å². The van der Waals surface area contributed by atoms with Crippen LogP contribution in [-0.2, 0) is 4.79 Å². The van der Waals surface area contributed by atoms with Crippen molar-refractivity contribution < 1.29 is 9.53 Å². The number of ether oxygens (including phenoxy) is 1. The number of nitriles is 1. The van der Waals surface area contributed by atoms with Crippen LogP contribution in [0.15, 0.2) is 48.5 Å². The Morgan fingerprint density at radius 2 is 2.13 bits per heavy atom. The van der Waals surface area contributed by atoms with Crippen molar-refractivity contribution in [3.05, 3.63) is 53.5 Å². The molecule has 1 heterocycles. The van der Waals surface area contributed by atoms with Crippen LogP contribution >= 0.6 is 11.3 Å². The highest BCUT2D eigenvalue weighted by atomic mass is 32.1. The lowest BCUT2D eigenvalue weighted by atomic mass is 10.1. The molecule has 0 fully saturated rings. The van der Waals surface area contributed by atoms with Crippen molar-refractivity contribution >= 4 is 33.1 Å². The van der Waals surface area contributed by atoms with Crippen molar-refractivity contribution in [3.8, 4) is 11.8 Å². The number of carbonyl (C=O) groups excluding carboxylic acids is 1. The summed E-state index contributed by atoms with van der Waals surface area (Å²) in [6.45, 7) is 0. The highest BCUT2D eigenvalue weighted by molar-refractivity contribution is 7.18. The maximum absolute atomic E-state index is 12.4. The minimum Gasteiger partial charge on any atom is -0.497 e. The van der Waals surface area contributed by atoms with Crippen LogP contribution in [-0.4, -0.2) is 18.0 Å². The van der Waals surface area contributed by atoms with Gasteiger partial charge in [0.05, 0.1) is 23.4 Å². The van der Waals surface area contributed by atoms with Gasteiger partial charge in [-0.3, -0.25) is 4.79 Å². The number of para-hydroxylation sites is 1. The van der Waals surface area contributed by atoms with Gasteiger partial charge in [0.2, 0.25) is 5.91 Å². The first-order valence-electron chi connectivity index (χ1n) is 6.91. The summed E-state index contributed by atoms with van der Waals surface area (Å²) in [7, 11) is 1.56. The van der Waals surface area contributed by atoms with Crippen molar-refractivity contribution in [3.63, 3.8) is 0 Å². The first-order valence-corrected chi connectivity index (χ1v) is 7.73. The molecular formula is C17H13N3O2S. The fourth-order valence-electron chi connectivity index (χ4n) is 2.15. The molecule has 2 aromatic carbocycles. The molecule has 0 aliphatic carbocycles. The zero-order valence-electron chi connectivity index (χ0n) is 12.3. The van der Waals surface area contributed by atoms with Crippen LogP contribution < -0.4 is 10.1 Å². The summed E-state index contributed by atoms with van der Waals surface area (Å²) < 4.78 is 6.08. The summed E-state index contributed by atoms with van der Waals surface area (Å²) in [4.78, 5) is 16.8. The highest BCUT2D eigenvalue weighted by Crippen LogP contribution is 2.28. The Hall–Kier alpha value is -2.91. The average molecular weight is 323 g/mol. The second-order valence-corrected chi connectivity index (χ2v) is 5.87. The third-order valence-corrected chi connectivity index (χ3v) is 4.39. The summed E-state index contributed by atoms with van der Waals surface area (Å²) in [6.07, 6.45) is 0. The molecule has 6 heteroatoms. The second-order valence-electron chi connectivity index (χ2n) is 4.80. The number of anilines is 1. The Bertz CT molecular complexity index is 865. The molecule has 0 saturated heterocycles. The molecule has 1 unspecified atom stereocenters. The number of thiazole rings is 1. The SMILES string of the molecule is COc1cccc(NC(=O)C(C#N)c2nc3ccccc3s2)c1. The molecule has 1 aromatic heterocycles. The van der Waals surface area contributed by atoms with Gasteiger partial charge in [0.15, 0.2) is 5.92 Å². The summed E-state index contributed by atoms with van der Waals surface area (Å²) in [6, 6.07) is 16.6. The second kappa shape index (κ2) is 6.46. The van der Waals surface area contributed by atoms with Crippen LogP contribution in [0.25, 0.3) is 10.2 Å². The molecule has 1 N–H and O–H groups in total. The number of benzene rings is 2. The first-order chi connectivity index (χ1) is 11.2. The third kappa shape index (κ3) is 3.15. The van der Waals surface area contributed by atoms with Crippen molar-refractivity contribution in [1.82, 2.24) is 4.98 Å². The smallest absolute Gasteiger partial charge is 0.248 e. The number of aromatic nitrogens is 1. The Kier molecular flexibility index (Phi) is 4.22. The number of nitrogens with zero attached hydrogens (tertiary/aromatic N) is 2. The molecule has 114 valence electrons. The zero-order chi connectivity index (χ0) is 16.2. The molecule has 0 aliphatic heterocycles. The first kappa shape index (κ1) is 15.0. The van der Waals surface area contributed by atoms with Crippen LogP contribution in [0.4, 0.5) is 5.69 Å². The average Bonchev–Trinajstić information content (AvgIpc) is 2.99. The van der Waals surface area contributed by atoms with Crippen molar-refractivity contribution in [2.75, 3.05) is 12.4 Å². The third-order valence-electron chi connectivity index (χ3n) is 3.29. The number of carbonyl (C=O) groups is 1. The number of hydrogen-bond acceptors (Lipinski definition) is 5. The van der Waals surface area contributed by atoms with Crippen molar-refractivity contribution in [1.29, 1.82) is 5.26 Å². The van der Waals surface area contributed by atoms with Gasteiger partial charge in [-0.15, -0.1) is 11.3 Å². The Labute approximate surface area is 137 Å². The molecule has 23 heavy (non-hydrogen) atoms. The van der Waals surface area contributed by atoms with E-state index in [0.29, 0.717) is 16.4 Å². The van der Waals surface area contributed by atoms with Gasteiger partial charge in [0, 0.05) is 11.8 Å². The Balaban J connectivity index is 1.85. The fraction of sp³-hybridized carbons (Fsp3) is 0.118. The van der Waals surface area contributed by atoms with Crippen molar-refractivity contribution in [2.24, 2.45) is 0 Å². The number of methoxy groups -OCH3 is 1. The molecule has 5 nitrogen and oxygen atoms in total. The largest absolute Gasteiger partial charge is 0.497 e. The summed E-state index contributed by atoms with van der Waals surface area (Å²) >= 11 is 1.36. The molecule has 3 aromatic rings. The molecule has 0 saturated carbocycles. The molecule has 0 spiro atoms. The lowest BCUT2D eigenvalue weighted by molar-refractivity contribution is -0.116. The molecular weight excluding hydrogens is 310 g/mol. The van der Waals surface area contributed by atoms with E-state index >= 15 is 0 Å². The number of hydrogen-bond donors (Lipinski definition) is 1. The van der Waals surface area contributed by atoms with Gasteiger partial charge in [-0.05, 0) is 24.3 Å². The van der Waals surface area contributed by atoms with Gasteiger partial charge in [-0.25, -0.2) is 4.98 Å². The number of rotatable bonds is 4. The van der Waals surface area contributed by atoms with Crippen molar-refractivity contribution in [2.45, 2.75) is 5.92 Å².